The molecule has 0 saturated heterocycles. The van der Waals surface area contributed by atoms with Crippen LogP contribution in [-0.2, 0) is 11.3 Å². The number of carbonyl (C=O) groups is 2. The molecule has 1 aliphatic heterocycles. The maximum atomic E-state index is 13.1. The average molecular weight is 404 g/mol. The molecule has 1 atom stereocenters. The van der Waals surface area contributed by atoms with Crippen molar-refractivity contribution in [2.75, 3.05) is 10.2 Å². The highest BCUT2D eigenvalue weighted by Gasteiger charge is 2.31. The van der Waals surface area contributed by atoms with Gasteiger partial charge in [-0.2, -0.15) is 0 Å². The summed E-state index contributed by atoms with van der Waals surface area (Å²) in [5.74, 6) is -0.340. The van der Waals surface area contributed by atoms with Gasteiger partial charge < -0.3 is 15.0 Å². The molecule has 6 heteroatoms. The molecule has 4 rings (SSSR count). The number of amides is 2. The van der Waals surface area contributed by atoms with E-state index in [2.05, 4.69) is 5.32 Å². The number of fused-ring (bicyclic) bond motifs is 1. The van der Waals surface area contributed by atoms with Crippen LogP contribution in [0.1, 0.15) is 28.4 Å². The minimum atomic E-state index is -0.595. The predicted molar refractivity (Wildman–Crippen MR) is 113 cm³/mol. The Morgan fingerprint density at radius 1 is 1.07 bits per heavy atom. The number of nitrogens with one attached hydrogen (secondary N) is 1. The van der Waals surface area contributed by atoms with Crippen molar-refractivity contribution in [2.45, 2.75) is 26.5 Å². The predicted octanol–water partition coefficient (Wildman–Crippen LogP) is 4.70. The average Bonchev–Trinajstić information content (AvgIpc) is 2.73. The van der Waals surface area contributed by atoms with Gasteiger partial charge in [-0.3, -0.25) is 9.59 Å². The third-order valence-electron chi connectivity index (χ3n) is 4.99. The van der Waals surface area contributed by atoms with E-state index in [0.29, 0.717) is 29.2 Å². The third kappa shape index (κ3) is 4.03. The SMILES string of the molecule is Cc1ccc(CN2C(=O)C(C)Oc3ccc(NC(=O)c4ccc(F)cc4)cc32)cc1. The molecular formula is C24H21FN2O3. The minimum Gasteiger partial charge on any atom is -0.479 e. The summed E-state index contributed by atoms with van der Waals surface area (Å²) < 4.78 is 18.8. The Balaban J connectivity index is 1.62. The Labute approximate surface area is 174 Å². The van der Waals surface area contributed by atoms with Crippen LogP contribution in [0.3, 0.4) is 0 Å². The second-order valence-corrected chi connectivity index (χ2v) is 7.31. The molecule has 1 unspecified atom stereocenters. The zero-order valence-corrected chi connectivity index (χ0v) is 16.7. The van der Waals surface area contributed by atoms with E-state index in [1.165, 1.54) is 24.3 Å². The Kier molecular flexibility index (Phi) is 5.23. The van der Waals surface area contributed by atoms with Crippen LogP contribution in [0.25, 0.3) is 0 Å². The quantitative estimate of drug-likeness (QED) is 0.686. The van der Waals surface area contributed by atoms with Crippen LogP contribution in [0.4, 0.5) is 15.8 Å². The van der Waals surface area contributed by atoms with Gasteiger partial charge in [-0.1, -0.05) is 29.8 Å². The molecule has 2 amide bonds. The number of anilines is 2. The van der Waals surface area contributed by atoms with Crippen LogP contribution in [0.5, 0.6) is 5.75 Å². The van der Waals surface area contributed by atoms with Crippen molar-refractivity contribution in [3.05, 3.63) is 89.2 Å². The third-order valence-corrected chi connectivity index (χ3v) is 4.99. The van der Waals surface area contributed by atoms with Crippen LogP contribution in [0, 0.1) is 12.7 Å². The lowest BCUT2D eigenvalue weighted by atomic mass is 10.1. The lowest BCUT2D eigenvalue weighted by molar-refractivity contribution is -0.125. The van der Waals surface area contributed by atoms with Crippen LogP contribution in [-0.4, -0.2) is 17.9 Å². The van der Waals surface area contributed by atoms with Crippen LogP contribution in [0.2, 0.25) is 0 Å². The van der Waals surface area contributed by atoms with Crippen LogP contribution in [0.15, 0.2) is 66.7 Å². The number of hydrogen-bond acceptors (Lipinski definition) is 3. The van der Waals surface area contributed by atoms with Crippen LogP contribution < -0.4 is 15.0 Å². The highest BCUT2D eigenvalue weighted by molar-refractivity contribution is 6.05. The summed E-state index contributed by atoms with van der Waals surface area (Å²) in [6.45, 7) is 4.13. The Morgan fingerprint density at radius 3 is 2.47 bits per heavy atom. The molecule has 30 heavy (non-hydrogen) atoms. The van der Waals surface area contributed by atoms with Crippen molar-refractivity contribution >= 4 is 23.2 Å². The maximum Gasteiger partial charge on any atom is 0.268 e. The Bertz CT molecular complexity index is 1090. The lowest BCUT2D eigenvalue weighted by Crippen LogP contribution is -2.44. The molecule has 0 fully saturated rings. The smallest absolute Gasteiger partial charge is 0.268 e. The molecule has 0 saturated carbocycles. The van der Waals surface area contributed by atoms with Gasteiger partial charge in [-0.15, -0.1) is 0 Å². The van der Waals surface area contributed by atoms with Crippen molar-refractivity contribution < 1.29 is 18.7 Å². The molecule has 152 valence electrons. The van der Waals surface area contributed by atoms with Crippen LogP contribution >= 0.6 is 0 Å². The summed E-state index contributed by atoms with van der Waals surface area (Å²) in [4.78, 5) is 27.0. The Hall–Kier alpha value is -3.67. The van der Waals surface area contributed by atoms with Gasteiger partial charge in [-0.25, -0.2) is 4.39 Å². The molecule has 1 heterocycles. The zero-order valence-electron chi connectivity index (χ0n) is 16.7. The van der Waals surface area contributed by atoms with Crippen molar-refractivity contribution in [1.29, 1.82) is 0 Å². The topological polar surface area (TPSA) is 58.6 Å². The molecular weight excluding hydrogens is 383 g/mol. The van der Waals surface area contributed by atoms with E-state index in [1.807, 2.05) is 31.2 Å². The minimum absolute atomic E-state index is 0.148. The molecule has 0 aromatic heterocycles. The molecule has 0 bridgehead atoms. The summed E-state index contributed by atoms with van der Waals surface area (Å²) in [5.41, 5.74) is 3.59. The molecule has 3 aromatic carbocycles. The van der Waals surface area contributed by atoms with E-state index in [1.54, 1.807) is 30.0 Å². The summed E-state index contributed by atoms with van der Waals surface area (Å²) in [6.07, 6.45) is -0.595. The van der Waals surface area contributed by atoms with Gasteiger partial charge in [0.25, 0.3) is 11.8 Å². The van der Waals surface area contributed by atoms with Gasteiger partial charge in [0, 0.05) is 11.3 Å². The fraction of sp³-hybridized carbons (Fsp3) is 0.167. The summed E-state index contributed by atoms with van der Waals surface area (Å²) in [6, 6.07) is 18.5. The molecule has 1 aliphatic rings. The largest absolute Gasteiger partial charge is 0.479 e. The second-order valence-electron chi connectivity index (χ2n) is 7.31. The van der Waals surface area contributed by atoms with Crippen molar-refractivity contribution in [3.63, 3.8) is 0 Å². The number of rotatable bonds is 4. The first-order valence-corrected chi connectivity index (χ1v) is 9.65. The standard InChI is InChI=1S/C24H21FN2O3/c1-15-3-5-17(6-4-15)14-27-21-13-20(11-12-22(21)30-16(2)24(27)29)26-23(28)18-7-9-19(25)10-8-18/h3-13,16H,14H2,1-2H3,(H,26,28). The van der Waals surface area contributed by atoms with Crippen molar-refractivity contribution in [2.24, 2.45) is 0 Å². The summed E-state index contributed by atoms with van der Waals surface area (Å²) >= 11 is 0. The fourth-order valence-electron chi connectivity index (χ4n) is 3.33. The van der Waals surface area contributed by atoms with Gasteiger partial charge in [0.1, 0.15) is 11.6 Å². The van der Waals surface area contributed by atoms with Gasteiger partial charge in [-0.05, 0) is 61.9 Å². The Morgan fingerprint density at radius 2 is 1.77 bits per heavy atom. The molecule has 5 nitrogen and oxygen atoms in total. The van der Waals surface area contributed by atoms with E-state index in [-0.39, 0.29) is 11.8 Å². The molecule has 0 radical (unpaired) electrons. The molecule has 0 spiro atoms. The van der Waals surface area contributed by atoms with Crippen molar-refractivity contribution in [3.8, 4) is 5.75 Å². The van der Waals surface area contributed by atoms with Gasteiger partial charge >= 0.3 is 0 Å². The number of nitrogens with zero attached hydrogens (tertiary/aromatic N) is 1. The number of aryl methyl sites for hydroxylation is 1. The van der Waals surface area contributed by atoms with Gasteiger partial charge in [0.2, 0.25) is 0 Å². The van der Waals surface area contributed by atoms with E-state index in [4.69, 9.17) is 4.74 Å². The summed E-state index contributed by atoms with van der Waals surface area (Å²) in [7, 11) is 0. The summed E-state index contributed by atoms with van der Waals surface area (Å²) in [5, 5.41) is 2.79. The number of halogens is 1. The monoisotopic (exact) mass is 404 g/mol. The molecule has 1 N–H and O–H groups in total. The normalized spacial score (nSPS) is 15.4. The van der Waals surface area contributed by atoms with Gasteiger partial charge in [0.15, 0.2) is 6.10 Å². The fourth-order valence-corrected chi connectivity index (χ4v) is 3.33. The zero-order chi connectivity index (χ0) is 21.3. The number of hydrogen-bond donors (Lipinski definition) is 1. The first-order valence-electron chi connectivity index (χ1n) is 9.65. The molecule has 3 aromatic rings. The first kappa shape index (κ1) is 19.6. The number of ether oxygens (including phenoxy) is 1. The lowest BCUT2D eigenvalue weighted by Gasteiger charge is -2.33. The molecule has 0 aliphatic carbocycles. The van der Waals surface area contributed by atoms with Crippen molar-refractivity contribution in [1.82, 2.24) is 0 Å². The number of carbonyl (C=O) groups excluding carboxylic acids is 2. The van der Waals surface area contributed by atoms with E-state index in [9.17, 15) is 14.0 Å². The first-order chi connectivity index (χ1) is 14.4. The second kappa shape index (κ2) is 7.99. The number of benzene rings is 3. The highest BCUT2D eigenvalue weighted by atomic mass is 19.1. The van der Waals surface area contributed by atoms with E-state index in [0.717, 1.165) is 11.1 Å². The highest BCUT2D eigenvalue weighted by Crippen LogP contribution is 2.37. The van der Waals surface area contributed by atoms with E-state index >= 15 is 0 Å². The maximum absolute atomic E-state index is 13.1. The van der Waals surface area contributed by atoms with E-state index < -0.39 is 11.9 Å². The van der Waals surface area contributed by atoms with Gasteiger partial charge in [0.05, 0.1) is 12.2 Å².